The molecule has 0 bridgehead atoms. The minimum absolute atomic E-state index is 0.123. The molecule has 1 rings (SSSR count). The van der Waals surface area contributed by atoms with E-state index in [2.05, 4.69) is 5.32 Å². The predicted octanol–water partition coefficient (Wildman–Crippen LogP) is 1.26. The van der Waals surface area contributed by atoms with E-state index in [1.807, 2.05) is 0 Å². The molecule has 0 saturated heterocycles. The SMILES string of the molecule is O=C(NCC1CCC(C(=O)O)CC1)C(F)F. The van der Waals surface area contributed by atoms with Crippen LogP contribution in [0.4, 0.5) is 8.78 Å². The minimum Gasteiger partial charge on any atom is -0.481 e. The first-order valence-electron chi connectivity index (χ1n) is 5.29. The number of nitrogens with one attached hydrogen (secondary N) is 1. The van der Waals surface area contributed by atoms with Crippen LogP contribution in [0.1, 0.15) is 25.7 Å². The summed E-state index contributed by atoms with van der Waals surface area (Å²) in [5.41, 5.74) is 0. The summed E-state index contributed by atoms with van der Waals surface area (Å²) in [6, 6.07) is 0. The lowest BCUT2D eigenvalue weighted by Crippen LogP contribution is -2.35. The van der Waals surface area contributed by atoms with Crippen LogP contribution >= 0.6 is 0 Å². The van der Waals surface area contributed by atoms with Gasteiger partial charge >= 0.3 is 12.4 Å². The lowest BCUT2D eigenvalue weighted by atomic mass is 9.82. The Morgan fingerprint density at radius 2 is 1.81 bits per heavy atom. The molecule has 0 heterocycles. The first-order chi connectivity index (χ1) is 7.50. The highest BCUT2D eigenvalue weighted by Gasteiger charge is 2.26. The average Bonchev–Trinajstić information content (AvgIpc) is 2.26. The zero-order valence-electron chi connectivity index (χ0n) is 8.79. The number of rotatable bonds is 4. The van der Waals surface area contributed by atoms with Crippen LogP contribution < -0.4 is 5.32 Å². The van der Waals surface area contributed by atoms with Gasteiger partial charge in [0.05, 0.1) is 5.92 Å². The summed E-state index contributed by atoms with van der Waals surface area (Å²) < 4.78 is 23.7. The molecule has 0 atom stereocenters. The fourth-order valence-corrected chi connectivity index (χ4v) is 1.94. The lowest BCUT2D eigenvalue weighted by molar-refractivity contribution is -0.143. The first-order valence-corrected chi connectivity index (χ1v) is 5.29. The molecule has 0 aromatic heterocycles. The number of alkyl halides is 2. The maximum Gasteiger partial charge on any atom is 0.315 e. The van der Waals surface area contributed by atoms with Crippen molar-refractivity contribution < 1.29 is 23.5 Å². The molecule has 0 aromatic carbocycles. The number of halogens is 2. The number of carbonyl (C=O) groups excluding carboxylic acids is 1. The van der Waals surface area contributed by atoms with Crippen LogP contribution in [0.3, 0.4) is 0 Å². The van der Waals surface area contributed by atoms with E-state index in [4.69, 9.17) is 5.11 Å². The second kappa shape index (κ2) is 5.77. The van der Waals surface area contributed by atoms with Crippen LogP contribution in [0, 0.1) is 11.8 Å². The van der Waals surface area contributed by atoms with Crippen molar-refractivity contribution in [1.29, 1.82) is 0 Å². The Labute approximate surface area is 92.0 Å². The van der Waals surface area contributed by atoms with Crippen LogP contribution in [0.5, 0.6) is 0 Å². The molecule has 1 amide bonds. The summed E-state index contributed by atoms with van der Waals surface area (Å²) in [6.45, 7) is 0.218. The number of aliphatic carboxylic acids is 1. The van der Waals surface area contributed by atoms with Gasteiger partial charge in [0, 0.05) is 6.54 Å². The van der Waals surface area contributed by atoms with Crippen molar-refractivity contribution in [3.63, 3.8) is 0 Å². The topological polar surface area (TPSA) is 66.4 Å². The second-order valence-electron chi connectivity index (χ2n) is 4.10. The van der Waals surface area contributed by atoms with Crippen LogP contribution in [0.25, 0.3) is 0 Å². The standard InChI is InChI=1S/C10H15F2NO3/c11-8(12)9(14)13-5-6-1-3-7(4-2-6)10(15)16/h6-8H,1-5H2,(H,13,14)(H,15,16). The molecule has 1 aliphatic carbocycles. The van der Waals surface area contributed by atoms with Gasteiger partial charge in [0.2, 0.25) is 0 Å². The van der Waals surface area contributed by atoms with Gasteiger partial charge in [-0.1, -0.05) is 0 Å². The highest BCUT2D eigenvalue weighted by atomic mass is 19.3. The fourth-order valence-electron chi connectivity index (χ4n) is 1.94. The molecule has 4 nitrogen and oxygen atoms in total. The van der Waals surface area contributed by atoms with Gasteiger partial charge in [-0.25, -0.2) is 0 Å². The molecule has 0 radical (unpaired) electrons. The molecular weight excluding hydrogens is 220 g/mol. The average molecular weight is 235 g/mol. The van der Waals surface area contributed by atoms with Crippen LogP contribution in [0.15, 0.2) is 0 Å². The zero-order valence-corrected chi connectivity index (χ0v) is 8.79. The predicted molar refractivity (Wildman–Crippen MR) is 52.1 cm³/mol. The third kappa shape index (κ3) is 3.75. The van der Waals surface area contributed by atoms with Crippen molar-refractivity contribution in [1.82, 2.24) is 5.32 Å². The van der Waals surface area contributed by atoms with E-state index in [9.17, 15) is 18.4 Å². The molecule has 1 fully saturated rings. The summed E-state index contributed by atoms with van der Waals surface area (Å²) >= 11 is 0. The molecule has 1 saturated carbocycles. The van der Waals surface area contributed by atoms with Gasteiger partial charge in [0.25, 0.3) is 5.91 Å². The smallest absolute Gasteiger partial charge is 0.315 e. The van der Waals surface area contributed by atoms with Gasteiger partial charge in [-0.05, 0) is 31.6 Å². The highest BCUT2D eigenvalue weighted by Crippen LogP contribution is 2.28. The number of hydrogen-bond donors (Lipinski definition) is 2. The number of carboxylic acids is 1. The number of carbonyl (C=O) groups is 2. The Balaban J connectivity index is 2.22. The van der Waals surface area contributed by atoms with E-state index in [-0.39, 0.29) is 18.4 Å². The van der Waals surface area contributed by atoms with Gasteiger partial charge in [0.1, 0.15) is 0 Å². The fraction of sp³-hybridized carbons (Fsp3) is 0.800. The van der Waals surface area contributed by atoms with Crippen molar-refractivity contribution in [3.05, 3.63) is 0 Å². The summed E-state index contributed by atoms with van der Waals surface area (Å²) in [7, 11) is 0. The maximum atomic E-state index is 11.9. The maximum absolute atomic E-state index is 11.9. The summed E-state index contributed by atoms with van der Waals surface area (Å²) in [5.74, 6) is -2.24. The molecular formula is C10H15F2NO3. The van der Waals surface area contributed by atoms with Crippen molar-refractivity contribution >= 4 is 11.9 Å². The van der Waals surface area contributed by atoms with Gasteiger partial charge in [-0.15, -0.1) is 0 Å². The van der Waals surface area contributed by atoms with Gasteiger partial charge in [-0.2, -0.15) is 8.78 Å². The number of hydrogen-bond acceptors (Lipinski definition) is 2. The van der Waals surface area contributed by atoms with Crippen molar-refractivity contribution in [3.8, 4) is 0 Å². The normalized spacial score (nSPS) is 25.4. The molecule has 0 aromatic rings. The van der Waals surface area contributed by atoms with Crippen molar-refractivity contribution in [2.45, 2.75) is 32.1 Å². The Morgan fingerprint density at radius 3 is 2.25 bits per heavy atom. The Morgan fingerprint density at radius 1 is 1.25 bits per heavy atom. The third-order valence-corrected chi connectivity index (χ3v) is 2.96. The van der Waals surface area contributed by atoms with Gasteiger partial charge < -0.3 is 10.4 Å². The van der Waals surface area contributed by atoms with Gasteiger partial charge in [-0.3, -0.25) is 9.59 Å². The van der Waals surface area contributed by atoms with Crippen LogP contribution in [-0.4, -0.2) is 30.0 Å². The quantitative estimate of drug-likeness (QED) is 0.770. The number of carboxylic acid groups (broad SMARTS) is 1. The molecule has 0 unspecified atom stereocenters. The molecule has 1 aliphatic rings. The largest absolute Gasteiger partial charge is 0.481 e. The minimum atomic E-state index is -2.98. The van der Waals surface area contributed by atoms with E-state index in [0.717, 1.165) is 0 Å². The highest BCUT2D eigenvalue weighted by molar-refractivity contribution is 5.79. The summed E-state index contributed by atoms with van der Waals surface area (Å²) in [6.07, 6.45) is -0.522. The molecule has 0 aliphatic heterocycles. The summed E-state index contributed by atoms with van der Waals surface area (Å²) in [4.78, 5) is 21.3. The summed E-state index contributed by atoms with van der Waals surface area (Å²) in [5, 5.41) is 10.9. The molecule has 2 N–H and O–H groups in total. The Bertz CT molecular complexity index is 263. The Kier molecular flexibility index (Phi) is 4.64. The van der Waals surface area contributed by atoms with E-state index in [1.54, 1.807) is 0 Å². The molecule has 16 heavy (non-hydrogen) atoms. The van der Waals surface area contributed by atoms with Crippen LogP contribution in [0.2, 0.25) is 0 Å². The van der Waals surface area contributed by atoms with E-state index in [1.165, 1.54) is 0 Å². The van der Waals surface area contributed by atoms with E-state index in [0.29, 0.717) is 25.7 Å². The molecule has 92 valence electrons. The van der Waals surface area contributed by atoms with E-state index < -0.39 is 18.3 Å². The zero-order chi connectivity index (χ0) is 12.1. The second-order valence-corrected chi connectivity index (χ2v) is 4.10. The lowest BCUT2D eigenvalue weighted by Gasteiger charge is -2.26. The monoisotopic (exact) mass is 235 g/mol. The Hall–Kier alpha value is -1.20. The molecule has 0 spiro atoms. The van der Waals surface area contributed by atoms with Gasteiger partial charge in [0.15, 0.2) is 0 Å². The molecule has 6 heteroatoms. The third-order valence-electron chi connectivity index (χ3n) is 2.96. The van der Waals surface area contributed by atoms with Crippen LogP contribution in [-0.2, 0) is 9.59 Å². The van der Waals surface area contributed by atoms with Crippen molar-refractivity contribution in [2.24, 2.45) is 11.8 Å². The van der Waals surface area contributed by atoms with E-state index >= 15 is 0 Å². The van der Waals surface area contributed by atoms with Crippen molar-refractivity contribution in [2.75, 3.05) is 6.54 Å². The number of amides is 1. The first kappa shape index (κ1) is 12.9.